The van der Waals surface area contributed by atoms with Gasteiger partial charge >= 0.3 is 0 Å². The quantitative estimate of drug-likeness (QED) is 0.728. The fourth-order valence-corrected chi connectivity index (χ4v) is 3.66. The van der Waals surface area contributed by atoms with Crippen molar-refractivity contribution in [2.24, 2.45) is 0 Å². The molecule has 0 bridgehead atoms. The van der Waals surface area contributed by atoms with Crippen molar-refractivity contribution in [3.63, 3.8) is 0 Å². The highest BCUT2D eigenvalue weighted by atomic mass is 79.9. The van der Waals surface area contributed by atoms with Crippen LogP contribution in [0, 0.1) is 5.82 Å². The third-order valence-electron chi connectivity index (χ3n) is 4.81. The minimum atomic E-state index is -0.294. The van der Waals surface area contributed by atoms with E-state index in [-0.39, 0.29) is 17.1 Å². The molecule has 1 fully saturated rings. The first kappa shape index (κ1) is 18.8. The number of nitrogens with one attached hydrogen (secondary N) is 1. The predicted octanol–water partition coefficient (Wildman–Crippen LogP) is 4.47. The highest BCUT2D eigenvalue weighted by molar-refractivity contribution is 9.10. The lowest BCUT2D eigenvalue weighted by Gasteiger charge is -2.37. The molecule has 5 heteroatoms. The highest BCUT2D eigenvalue weighted by Crippen LogP contribution is 2.34. The molecular formula is C21H21BrFNO2. The van der Waals surface area contributed by atoms with E-state index in [0.717, 1.165) is 28.4 Å². The van der Waals surface area contributed by atoms with Crippen LogP contribution in [-0.2, 0) is 14.9 Å². The van der Waals surface area contributed by atoms with E-state index in [9.17, 15) is 9.18 Å². The van der Waals surface area contributed by atoms with Crippen LogP contribution in [0.2, 0.25) is 0 Å². The summed E-state index contributed by atoms with van der Waals surface area (Å²) in [6.45, 7) is 1.68. The first-order chi connectivity index (χ1) is 12.6. The number of hydrogen-bond donors (Lipinski definition) is 1. The summed E-state index contributed by atoms with van der Waals surface area (Å²) < 4.78 is 20.1. The SMILES string of the molecule is O=C(C=Cc1ccccc1Br)NCC1(c2cccc(F)c2)CCOCC1. The number of amides is 1. The van der Waals surface area contributed by atoms with E-state index < -0.39 is 0 Å². The number of benzene rings is 2. The Labute approximate surface area is 161 Å². The summed E-state index contributed by atoms with van der Waals surface area (Å²) in [6.07, 6.45) is 4.81. The fraction of sp³-hybridized carbons (Fsp3) is 0.286. The van der Waals surface area contributed by atoms with Crippen molar-refractivity contribution < 1.29 is 13.9 Å². The van der Waals surface area contributed by atoms with Crippen molar-refractivity contribution in [2.45, 2.75) is 18.3 Å². The molecule has 2 aromatic rings. The first-order valence-corrected chi connectivity index (χ1v) is 9.43. The Bertz CT molecular complexity index is 800. The molecular weight excluding hydrogens is 397 g/mol. The van der Waals surface area contributed by atoms with Gasteiger partial charge in [-0.1, -0.05) is 46.3 Å². The van der Waals surface area contributed by atoms with Gasteiger partial charge in [-0.05, 0) is 48.2 Å². The third-order valence-corrected chi connectivity index (χ3v) is 5.53. The molecule has 0 radical (unpaired) electrons. The number of carbonyl (C=O) groups is 1. The zero-order valence-corrected chi connectivity index (χ0v) is 16.0. The largest absolute Gasteiger partial charge is 0.381 e. The van der Waals surface area contributed by atoms with Gasteiger partial charge in [0, 0.05) is 35.7 Å². The molecule has 0 aromatic heterocycles. The zero-order valence-electron chi connectivity index (χ0n) is 14.4. The van der Waals surface area contributed by atoms with Gasteiger partial charge in [-0.15, -0.1) is 0 Å². The van der Waals surface area contributed by atoms with E-state index in [1.54, 1.807) is 18.2 Å². The summed E-state index contributed by atoms with van der Waals surface area (Å²) in [6, 6.07) is 14.4. The molecule has 0 spiro atoms. The second kappa shape index (κ2) is 8.60. The Balaban J connectivity index is 1.70. The monoisotopic (exact) mass is 417 g/mol. The van der Waals surface area contributed by atoms with E-state index in [1.807, 2.05) is 30.3 Å². The van der Waals surface area contributed by atoms with Gasteiger partial charge in [0.25, 0.3) is 0 Å². The van der Waals surface area contributed by atoms with Crippen molar-refractivity contribution in [3.05, 3.63) is 76.0 Å². The Hall–Kier alpha value is -1.98. The molecule has 1 heterocycles. The van der Waals surface area contributed by atoms with Crippen LogP contribution in [0.3, 0.4) is 0 Å². The zero-order chi connectivity index (χ0) is 18.4. The smallest absolute Gasteiger partial charge is 0.244 e. The molecule has 1 aliphatic rings. The van der Waals surface area contributed by atoms with Crippen LogP contribution in [-0.4, -0.2) is 25.7 Å². The molecule has 3 nitrogen and oxygen atoms in total. The first-order valence-electron chi connectivity index (χ1n) is 8.63. The summed E-state index contributed by atoms with van der Waals surface area (Å²) in [5, 5.41) is 2.98. The van der Waals surface area contributed by atoms with Crippen LogP contribution in [0.25, 0.3) is 6.08 Å². The van der Waals surface area contributed by atoms with Crippen molar-refractivity contribution in [3.8, 4) is 0 Å². The fourth-order valence-electron chi connectivity index (χ4n) is 3.24. The molecule has 1 amide bonds. The Morgan fingerprint density at radius 2 is 1.96 bits per heavy atom. The topological polar surface area (TPSA) is 38.3 Å². The van der Waals surface area contributed by atoms with Gasteiger partial charge in [0.15, 0.2) is 0 Å². The molecule has 3 rings (SSSR count). The van der Waals surface area contributed by atoms with Gasteiger partial charge in [0.05, 0.1) is 0 Å². The highest BCUT2D eigenvalue weighted by Gasteiger charge is 2.34. The molecule has 0 aliphatic carbocycles. The molecule has 0 saturated carbocycles. The van der Waals surface area contributed by atoms with Crippen LogP contribution < -0.4 is 5.32 Å². The van der Waals surface area contributed by atoms with E-state index in [1.165, 1.54) is 12.1 Å². The van der Waals surface area contributed by atoms with Crippen LogP contribution in [0.4, 0.5) is 4.39 Å². The second-order valence-electron chi connectivity index (χ2n) is 6.48. The summed E-state index contributed by atoms with van der Waals surface area (Å²) in [5.74, 6) is -0.420. The minimum Gasteiger partial charge on any atom is -0.381 e. The van der Waals surface area contributed by atoms with Gasteiger partial charge in [0.2, 0.25) is 5.91 Å². The van der Waals surface area contributed by atoms with Gasteiger partial charge < -0.3 is 10.1 Å². The van der Waals surface area contributed by atoms with Crippen molar-refractivity contribution in [2.75, 3.05) is 19.8 Å². The van der Waals surface area contributed by atoms with Gasteiger partial charge in [0.1, 0.15) is 5.82 Å². The minimum absolute atomic E-state index is 0.164. The number of ether oxygens (including phenoxy) is 1. The Kier molecular flexibility index (Phi) is 6.22. The number of halogens is 2. The van der Waals surface area contributed by atoms with Crippen LogP contribution in [0.1, 0.15) is 24.0 Å². The lowest BCUT2D eigenvalue weighted by atomic mass is 9.74. The van der Waals surface area contributed by atoms with E-state index in [2.05, 4.69) is 21.2 Å². The van der Waals surface area contributed by atoms with E-state index >= 15 is 0 Å². The van der Waals surface area contributed by atoms with Gasteiger partial charge in [-0.2, -0.15) is 0 Å². The van der Waals surface area contributed by atoms with Gasteiger partial charge in [-0.25, -0.2) is 4.39 Å². The molecule has 2 aromatic carbocycles. The van der Waals surface area contributed by atoms with Crippen molar-refractivity contribution >= 4 is 27.9 Å². The van der Waals surface area contributed by atoms with Crippen LogP contribution in [0.15, 0.2) is 59.1 Å². The van der Waals surface area contributed by atoms with E-state index in [4.69, 9.17) is 4.74 Å². The maximum Gasteiger partial charge on any atom is 0.244 e. The standard InChI is InChI=1S/C21H21BrFNO2/c22-19-7-2-1-4-16(19)8-9-20(25)24-15-21(10-12-26-13-11-21)17-5-3-6-18(23)14-17/h1-9,14H,10-13,15H2,(H,24,25). The molecule has 1 saturated heterocycles. The maximum absolute atomic E-state index is 13.7. The molecule has 0 unspecified atom stereocenters. The average Bonchev–Trinajstić information content (AvgIpc) is 2.66. The Morgan fingerprint density at radius 3 is 2.69 bits per heavy atom. The number of carbonyl (C=O) groups excluding carboxylic acids is 1. The molecule has 0 atom stereocenters. The molecule has 136 valence electrons. The van der Waals surface area contributed by atoms with Crippen molar-refractivity contribution in [1.29, 1.82) is 0 Å². The lowest BCUT2D eigenvalue weighted by molar-refractivity contribution is -0.116. The summed E-state index contributed by atoms with van der Waals surface area (Å²) in [4.78, 5) is 12.3. The third kappa shape index (κ3) is 4.59. The average molecular weight is 418 g/mol. The summed E-state index contributed by atoms with van der Waals surface area (Å²) in [7, 11) is 0. The predicted molar refractivity (Wildman–Crippen MR) is 104 cm³/mol. The molecule has 1 aliphatic heterocycles. The second-order valence-corrected chi connectivity index (χ2v) is 7.33. The molecule has 1 N–H and O–H groups in total. The van der Waals surface area contributed by atoms with Gasteiger partial charge in [-0.3, -0.25) is 4.79 Å². The summed E-state index contributed by atoms with van der Waals surface area (Å²) >= 11 is 3.46. The lowest BCUT2D eigenvalue weighted by Crippen LogP contribution is -2.44. The number of hydrogen-bond acceptors (Lipinski definition) is 2. The maximum atomic E-state index is 13.7. The normalized spacial score (nSPS) is 16.5. The van der Waals surface area contributed by atoms with Crippen molar-refractivity contribution in [1.82, 2.24) is 5.32 Å². The van der Waals surface area contributed by atoms with Crippen LogP contribution in [0.5, 0.6) is 0 Å². The van der Waals surface area contributed by atoms with E-state index in [0.29, 0.717) is 19.8 Å². The summed E-state index contributed by atoms with van der Waals surface area (Å²) in [5.41, 5.74) is 1.56. The van der Waals surface area contributed by atoms with Crippen LogP contribution >= 0.6 is 15.9 Å². The Morgan fingerprint density at radius 1 is 1.19 bits per heavy atom. The molecule has 26 heavy (non-hydrogen) atoms. The number of rotatable bonds is 5.